The highest BCUT2D eigenvalue weighted by Gasteiger charge is 2.32. The highest BCUT2D eigenvalue weighted by molar-refractivity contribution is 5.98. The van der Waals surface area contributed by atoms with Crippen molar-refractivity contribution in [2.24, 2.45) is 5.92 Å². The summed E-state index contributed by atoms with van der Waals surface area (Å²) in [6.45, 7) is 2.98. The molecule has 2 fully saturated rings. The molecule has 0 spiro atoms. The number of carboxylic acid groups (broad SMARTS) is 1. The maximum Gasteiger partial charge on any atom is 0.335 e. The zero-order chi connectivity index (χ0) is 18.7. The lowest BCUT2D eigenvalue weighted by molar-refractivity contribution is -0.135. The predicted octanol–water partition coefficient (Wildman–Crippen LogP) is 2.60. The monoisotopic (exact) mass is 358 g/mol. The number of benzene rings is 1. The van der Waals surface area contributed by atoms with Crippen LogP contribution in [0.3, 0.4) is 0 Å². The fourth-order valence-electron chi connectivity index (χ4n) is 3.99. The summed E-state index contributed by atoms with van der Waals surface area (Å²) in [7, 11) is 0. The van der Waals surface area contributed by atoms with Crippen molar-refractivity contribution < 1.29 is 19.5 Å². The van der Waals surface area contributed by atoms with E-state index in [4.69, 9.17) is 5.11 Å². The van der Waals surface area contributed by atoms with E-state index in [-0.39, 0.29) is 29.3 Å². The van der Waals surface area contributed by atoms with Crippen molar-refractivity contribution in [1.82, 2.24) is 10.2 Å². The lowest BCUT2D eigenvalue weighted by Crippen LogP contribution is -2.40. The normalized spacial score (nSPS) is 20.8. The molecule has 1 aliphatic heterocycles. The Morgan fingerprint density at radius 2 is 1.73 bits per heavy atom. The van der Waals surface area contributed by atoms with Gasteiger partial charge >= 0.3 is 5.97 Å². The number of likely N-dealkylation sites (tertiary alicyclic amines) is 1. The Kier molecular flexibility index (Phi) is 5.59. The average Bonchev–Trinajstić information content (AvgIpc) is 3.09. The molecule has 140 valence electrons. The van der Waals surface area contributed by atoms with Crippen LogP contribution in [-0.2, 0) is 4.79 Å². The Morgan fingerprint density at radius 3 is 2.42 bits per heavy atom. The third-order valence-corrected chi connectivity index (χ3v) is 5.38. The van der Waals surface area contributed by atoms with Crippen LogP contribution in [-0.4, -0.2) is 46.9 Å². The number of carboxylic acids is 1. The fourth-order valence-corrected chi connectivity index (χ4v) is 3.99. The summed E-state index contributed by atoms with van der Waals surface area (Å²) in [6.07, 6.45) is 6.17. The van der Waals surface area contributed by atoms with Crippen LogP contribution < -0.4 is 5.32 Å². The van der Waals surface area contributed by atoms with E-state index in [0.29, 0.717) is 18.7 Å². The van der Waals surface area contributed by atoms with Crippen LogP contribution in [0.15, 0.2) is 18.2 Å². The number of aryl methyl sites for hydroxylation is 1. The van der Waals surface area contributed by atoms with Gasteiger partial charge in [0.05, 0.1) is 5.56 Å². The van der Waals surface area contributed by atoms with Crippen molar-refractivity contribution in [3.63, 3.8) is 0 Å². The predicted molar refractivity (Wildman–Crippen MR) is 97.2 cm³/mol. The third kappa shape index (κ3) is 4.23. The molecule has 6 nitrogen and oxygen atoms in total. The molecule has 0 aromatic heterocycles. The number of aromatic carboxylic acids is 1. The largest absolute Gasteiger partial charge is 0.478 e. The second kappa shape index (κ2) is 7.89. The van der Waals surface area contributed by atoms with Gasteiger partial charge in [0, 0.05) is 30.6 Å². The van der Waals surface area contributed by atoms with Crippen molar-refractivity contribution in [2.75, 3.05) is 13.1 Å². The van der Waals surface area contributed by atoms with Gasteiger partial charge < -0.3 is 15.3 Å². The number of hydrogen-bond donors (Lipinski definition) is 2. The van der Waals surface area contributed by atoms with Gasteiger partial charge in [0.15, 0.2) is 0 Å². The van der Waals surface area contributed by atoms with Crippen LogP contribution in [0.25, 0.3) is 0 Å². The van der Waals surface area contributed by atoms with E-state index in [9.17, 15) is 14.4 Å². The van der Waals surface area contributed by atoms with Gasteiger partial charge in [0.1, 0.15) is 0 Å². The summed E-state index contributed by atoms with van der Waals surface area (Å²) in [5.41, 5.74) is 1.19. The molecule has 6 heteroatoms. The minimum absolute atomic E-state index is 0.0798. The fraction of sp³-hybridized carbons (Fsp3) is 0.550. The molecule has 26 heavy (non-hydrogen) atoms. The molecule has 1 atom stereocenters. The minimum atomic E-state index is -1.05. The van der Waals surface area contributed by atoms with Crippen molar-refractivity contribution in [1.29, 1.82) is 0 Å². The molecule has 1 saturated carbocycles. The second-order valence-electron chi connectivity index (χ2n) is 7.47. The third-order valence-electron chi connectivity index (χ3n) is 5.38. The van der Waals surface area contributed by atoms with Crippen LogP contribution in [0, 0.1) is 12.8 Å². The summed E-state index contributed by atoms with van der Waals surface area (Å²) >= 11 is 0. The first-order valence-corrected chi connectivity index (χ1v) is 9.38. The lowest BCUT2D eigenvalue weighted by Gasteiger charge is -2.26. The first kappa shape index (κ1) is 18.4. The highest BCUT2D eigenvalue weighted by atomic mass is 16.4. The van der Waals surface area contributed by atoms with Gasteiger partial charge in [0.2, 0.25) is 5.91 Å². The van der Waals surface area contributed by atoms with Gasteiger partial charge in [-0.15, -0.1) is 0 Å². The van der Waals surface area contributed by atoms with Gasteiger partial charge in [-0.1, -0.05) is 19.3 Å². The zero-order valence-corrected chi connectivity index (χ0v) is 15.2. The molecule has 2 amide bonds. The molecular formula is C20H26N2O4. The molecule has 1 heterocycles. The number of nitrogens with zero attached hydrogens (tertiary/aromatic N) is 1. The Morgan fingerprint density at radius 1 is 1.04 bits per heavy atom. The highest BCUT2D eigenvalue weighted by Crippen LogP contribution is 2.26. The summed E-state index contributed by atoms with van der Waals surface area (Å²) in [5, 5.41) is 12.1. The summed E-state index contributed by atoms with van der Waals surface area (Å²) in [4.78, 5) is 38.2. The van der Waals surface area contributed by atoms with E-state index in [1.54, 1.807) is 19.1 Å². The van der Waals surface area contributed by atoms with Crippen LogP contribution in [0.2, 0.25) is 0 Å². The first-order chi connectivity index (χ1) is 12.4. The number of hydrogen-bond acceptors (Lipinski definition) is 3. The van der Waals surface area contributed by atoms with Crippen LogP contribution in [0.1, 0.15) is 64.8 Å². The van der Waals surface area contributed by atoms with Crippen molar-refractivity contribution in [3.05, 3.63) is 34.9 Å². The van der Waals surface area contributed by atoms with E-state index in [1.807, 2.05) is 4.90 Å². The second-order valence-corrected chi connectivity index (χ2v) is 7.47. The first-order valence-electron chi connectivity index (χ1n) is 9.38. The van der Waals surface area contributed by atoms with E-state index in [2.05, 4.69) is 5.32 Å². The van der Waals surface area contributed by atoms with Crippen LogP contribution >= 0.6 is 0 Å². The number of nitrogens with one attached hydrogen (secondary N) is 1. The molecule has 1 aromatic rings. The van der Waals surface area contributed by atoms with Crippen molar-refractivity contribution >= 4 is 17.8 Å². The SMILES string of the molecule is Cc1cc(C(=O)O)cc(C(=O)NC2CCN(C(=O)C3CCCCC3)C2)c1. The van der Waals surface area contributed by atoms with Crippen LogP contribution in [0.5, 0.6) is 0 Å². The molecule has 1 aliphatic carbocycles. The summed E-state index contributed by atoms with van der Waals surface area (Å²) in [6, 6.07) is 4.54. The molecule has 1 aromatic carbocycles. The quantitative estimate of drug-likeness (QED) is 0.866. The van der Waals surface area contributed by atoms with E-state index in [0.717, 1.165) is 37.7 Å². The number of amides is 2. The average molecular weight is 358 g/mol. The minimum Gasteiger partial charge on any atom is -0.478 e. The molecule has 2 aliphatic rings. The van der Waals surface area contributed by atoms with Gasteiger partial charge in [-0.2, -0.15) is 0 Å². The molecule has 0 radical (unpaired) electrons. The van der Waals surface area contributed by atoms with Crippen molar-refractivity contribution in [2.45, 2.75) is 51.5 Å². The number of rotatable bonds is 4. The number of carbonyl (C=O) groups excluding carboxylic acids is 2. The Labute approximate surface area is 153 Å². The smallest absolute Gasteiger partial charge is 0.335 e. The van der Waals surface area contributed by atoms with Gasteiger partial charge in [0.25, 0.3) is 5.91 Å². The van der Waals surface area contributed by atoms with Crippen LogP contribution in [0.4, 0.5) is 0 Å². The maximum absolute atomic E-state index is 12.6. The molecule has 1 saturated heterocycles. The van der Waals surface area contributed by atoms with E-state index >= 15 is 0 Å². The Balaban J connectivity index is 1.59. The summed E-state index contributed by atoms with van der Waals surface area (Å²) in [5.74, 6) is -0.959. The van der Waals surface area contributed by atoms with E-state index in [1.165, 1.54) is 12.5 Å². The van der Waals surface area contributed by atoms with E-state index < -0.39 is 5.97 Å². The summed E-state index contributed by atoms with van der Waals surface area (Å²) < 4.78 is 0. The van der Waals surface area contributed by atoms with Gasteiger partial charge in [-0.3, -0.25) is 9.59 Å². The molecule has 2 N–H and O–H groups in total. The topological polar surface area (TPSA) is 86.7 Å². The molecule has 3 rings (SSSR count). The number of carbonyl (C=O) groups is 3. The lowest BCUT2D eigenvalue weighted by atomic mass is 9.88. The Bertz CT molecular complexity index is 710. The van der Waals surface area contributed by atoms with Gasteiger partial charge in [-0.05, 0) is 49.9 Å². The molecule has 0 bridgehead atoms. The Hall–Kier alpha value is -2.37. The zero-order valence-electron chi connectivity index (χ0n) is 15.2. The van der Waals surface area contributed by atoms with Crippen molar-refractivity contribution in [3.8, 4) is 0 Å². The van der Waals surface area contributed by atoms with Gasteiger partial charge in [-0.25, -0.2) is 4.79 Å². The maximum atomic E-state index is 12.6. The standard InChI is InChI=1S/C20H26N2O4/c1-13-9-15(11-16(10-13)20(25)26)18(23)21-17-7-8-22(12-17)19(24)14-5-3-2-4-6-14/h9-11,14,17H,2-8,12H2,1H3,(H,21,23)(H,25,26). The molecule has 1 unspecified atom stereocenters. The molecular weight excluding hydrogens is 332 g/mol.